The molecular weight excluding hydrogens is 460 g/mol. The number of rotatable bonds is 13. The van der Waals surface area contributed by atoms with Gasteiger partial charge in [0, 0.05) is 47.3 Å². The maximum absolute atomic E-state index is 5.61. The van der Waals surface area contributed by atoms with E-state index in [0.717, 1.165) is 47.6 Å². The summed E-state index contributed by atoms with van der Waals surface area (Å²) in [5.41, 5.74) is 3.93. The third-order valence-electron chi connectivity index (χ3n) is 5.63. The van der Waals surface area contributed by atoms with Crippen LogP contribution in [0.25, 0.3) is 0 Å². The number of aryl methyl sites for hydroxylation is 1. The number of hydrogen-bond acceptors (Lipinski definition) is 7. The molecule has 3 aromatic rings. The molecule has 7 heteroatoms. The van der Waals surface area contributed by atoms with Crippen LogP contribution in [0, 0.1) is 6.92 Å². The van der Waals surface area contributed by atoms with Crippen LogP contribution in [-0.4, -0.2) is 28.9 Å². The minimum Gasteiger partial charge on any atom is -0.478 e. The molecule has 178 valence electrons. The van der Waals surface area contributed by atoms with Crippen LogP contribution in [0.4, 0.5) is 5.82 Å². The lowest BCUT2D eigenvalue weighted by atomic mass is 10.0. The van der Waals surface area contributed by atoms with Crippen molar-refractivity contribution in [2.24, 2.45) is 0 Å². The predicted octanol–water partition coefficient (Wildman–Crippen LogP) is 6.79. The Morgan fingerprint density at radius 1 is 1.12 bits per heavy atom. The third-order valence-corrected chi connectivity index (χ3v) is 7.52. The fraction of sp³-hybridized carbons (Fsp3) is 0.333. The standard InChI is InChI=1S/C27H32N4OS2/c1-4-29-34-27-12-7-10-25(31-27)28-15-8-16-33-24-14-13-19(3)17-22(24)20-18-21(20)23-9-6-11-26(30-23)32-5-2/h4,6-7,9-14,17,20-21,29H,1,5,8,15-16,18H2,2-3H3,(H,28,31). The van der Waals surface area contributed by atoms with Gasteiger partial charge in [-0.15, -0.1) is 11.8 Å². The zero-order chi connectivity index (χ0) is 23.8. The summed E-state index contributed by atoms with van der Waals surface area (Å²) in [6.07, 6.45) is 3.87. The van der Waals surface area contributed by atoms with E-state index in [-0.39, 0.29) is 0 Å². The molecule has 0 radical (unpaired) electrons. The van der Waals surface area contributed by atoms with Crippen molar-refractivity contribution in [1.29, 1.82) is 0 Å². The largest absolute Gasteiger partial charge is 0.478 e. The van der Waals surface area contributed by atoms with Gasteiger partial charge in [-0.1, -0.05) is 36.4 Å². The summed E-state index contributed by atoms with van der Waals surface area (Å²) in [4.78, 5) is 10.7. The van der Waals surface area contributed by atoms with E-state index in [1.807, 2.05) is 43.0 Å². The molecule has 34 heavy (non-hydrogen) atoms. The van der Waals surface area contributed by atoms with Crippen LogP contribution in [0.5, 0.6) is 5.88 Å². The van der Waals surface area contributed by atoms with Gasteiger partial charge in [0.15, 0.2) is 0 Å². The van der Waals surface area contributed by atoms with Gasteiger partial charge in [0.2, 0.25) is 5.88 Å². The van der Waals surface area contributed by atoms with E-state index in [0.29, 0.717) is 18.4 Å². The topological polar surface area (TPSA) is 59.1 Å². The molecule has 2 aromatic heterocycles. The molecule has 1 fully saturated rings. The Kier molecular flexibility index (Phi) is 8.77. The Hall–Kier alpha value is -2.64. The van der Waals surface area contributed by atoms with Crippen molar-refractivity contribution in [1.82, 2.24) is 14.7 Å². The third kappa shape index (κ3) is 6.70. The Labute approximate surface area is 211 Å². The number of nitrogens with one attached hydrogen (secondary N) is 2. The number of anilines is 1. The van der Waals surface area contributed by atoms with E-state index in [1.165, 1.54) is 28.0 Å². The first-order valence-corrected chi connectivity index (χ1v) is 13.6. The second kappa shape index (κ2) is 12.2. The molecule has 1 aliphatic rings. The Bertz CT molecular complexity index is 1110. The Balaban J connectivity index is 1.30. The summed E-state index contributed by atoms with van der Waals surface area (Å²) < 4.78 is 8.61. The molecule has 0 spiro atoms. The summed E-state index contributed by atoms with van der Waals surface area (Å²) in [6.45, 7) is 9.37. The molecule has 4 rings (SSSR count). The zero-order valence-corrected chi connectivity index (χ0v) is 21.4. The van der Waals surface area contributed by atoms with Crippen molar-refractivity contribution in [3.63, 3.8) is 0 Å². The molecule has 2 unspecified atom stereocenters. The normalized spacial score (nSPS) is 16.6. The number of thioether (sulfide) groups is 1. The average molecular weight is 493 g/mol. The molecule has 1 aromatic carbocycles. The van der Waals surface area contributed by atoms with Crippen LogP contribution in [0.1, 0.15) is 48.4 Å². The number of hydrogen-bond donors (Lipinski definition) is 2. The number of nitrogens with zero attached hydrogens (tertiary/aromatic N) is 2. The summed E-state index contributed by atoms with van der Waals surface area (Å²) in [5.74, 6) is 3.71. The molecule has 2 N–H and O–H groups in total. The number of aromatic nitrogens is 2. The minimum absolute atomic E-state index is 0.482. The lowest BCUT2D eigenvalue weighted by Crippen LogP contribution is -2.05. The van der Waals surface area contributed by atoms with Crippen molar-refractivity contribution >= 4 is 29.5 Å². The summed E-state index contributed by atoms with van der Waals surface area (Å²) >= 11 is 3.41. The van der Waals surface area contributed by atoms with Crippen molar-refractivity contribution < 1.29 is 4.74 Å². The highest BCUT2D eigenvalue weighted by atomic mass is 32.2. The van der Waals surface area contributed by atoms with E-state index in [2.05, 4.69) is 58.9 Å². The molecule has 1 aliphatic carbocycles. The summed E-state index contributed by atoms with van der Waals surface area (Å²) in [7, 11) is 0. The smallest absolute Gasteiger partial charge is 0.213 e. The minimum atomic E-state index is 0.482. The fourth-order valence-electron chi connectivity index (χ4n) is 3.96. The zero-order valence-electron chi connectivity index (χ0n) is 19.8. The molecule has 0 amide bonds. The highest BCUT2D eigenvalue weighted by Crippen LogP contribution is 2.56. The van der Waals surface area contributed by atoms with Gasteiger partial charge in [-0.25, -0.2) is 9.97 Å². The maximum Gasteiger partial charge on any atom is 0.213 e. The van der Waals surface area contributed by atoms with Crippen molar-refractivity contribution in [2.75, 3.05) is 24.2 Å². The highest BCUT2D eigenvalue weighted by molar-refractivity contribution is 7.99. The van der Waals surface area contributed by atoms with Crippen LogP contribution >= 0.6 is 23.7 Å². The van der Waals surface area contributed by atoms with Gasteiger partial charge in [0.25, 0.3) is 0 Å². The molecule has 0 aliphatic heterocycles. The van der Waals surface area contributed by atoms with Gasteiger partial charge in [0.1, 0.15) is 10.8 Å². The van der Waals surface area contributed by atoms with Crippen molar-refractivity contribution in [3.8, 4) is 5.88 Å². The van der Waals surface area contributed by atoms with Crippen LogP contribution in [-0.2, 0) is 0 Å². The Morgan fingerprint density at radius 2 is 2.00 bits per heavy atom. The van der Waals surface area contributed by atoms with Crippen LogP contribution in [0.15, 0.2) is 77.3 Å². The molecule has 2 heterocycles. The lowest BCUT2D eigenvalue weighted by molar-refractivity contribution is 0.326. The van der Waals surface area contributed by atoms with Gasteiger partial charge in [-0.2, -0.15) is 0 Å². The lowest BCUT2D eigenvalue weighted by Gasteiger charge is -2.12. The van der Waals surface area contributed by atoms with E-state index in [1.54, 1.807) is 6.20 Å². The van der Waals surface area contributed by atoms with E-state index in [9.17, 15) is 0 Å². The number of benzene rings is 1. The highest BCUT2D eigenvalue weighted by Gasteiger charge is 2.41. The molecular formula is C27H32N4OS2. The van der Waals surface area contributed by atoms with Gasteiger partial charge in [-0.05, 0) is 68.2 Å². The molecule has 1 saturated carbocycles. The van der Waals surface area contributed by atoms with Gasteiger partial charge in [0.05, 0.1) is 6.61 Å². The van der Waals surface area contributed by atoms with E-state index < -0.39 is 0 Å². The first-order valence-electron chi connectivity index (χ1n) is 11.7. The van der Waals surface area contributed by atoms with Gasteiger partial charge >= 0.3 is 0 Å². The van der Waals surface area contributed by atoms with Crippen LogP contribution in [0.3, 0.4) is 0 Å². The molecule has 0 saturated heterocycles. The first-order chi connectivity index (χ1) is 16.7. The number of pyridine rings is 2. The molecule has 5 nitrogen and oxygen atoms in total. The van der Waals surface area contributed by atoms with Gasteiger partial charge in [-0.3, -0.25) is 0 Å². The SMILES string of the molecule is C=CNSc1cccc(NCCCSc2ccc(C)cc2C2CC2c2cccc(OCC)n2)n1. The van der Waals surface area contributed by atoms with Crippen LogP contribution < -0.4 is 14.8 Å². The monoisotopic (exact) mass is 492 g/mol. The Morgan fingerprint density at radius 3 is 2.85 bits per heavy atom. The van der Waals surface area contributed by atoms with E-state index >= 15 is 0 Å². The molecule has 2 atom stereocenters. The summed E-state index contributed by atoms with van der Waals surface area (Å²) in [6, 6.07) is 19.0. The first kappa shape index (κ1) is 24.5. The van der Waals surface area contributed by atoms with Gasteiger partial charge < -0.3 is 14.8 Å². The number of ether oxygens (including phenoxy) is 1. The predicted molar refractivity (Wildman–Crippen MR) is 144 cm³/mol. The second-order valence-electron chi connectivity index (χ2n) is 8.24. The quantitative estimate of drug-likeness (QED) is 0.155. The molecule has 0 bridgehead atoms. The fourth-order valence-corrected chi connectivity index (χ4v) is 5.51. The average Bonchev–Trinajstić information content (AvgIpc) is 3.65. The summed E-state index contributed by atoms with van der Waals surface area (Å²) in [5, 5.41) is 4.36. The van der Waals surface area contributed by atoms with Crippen LogP contribution in [0.2, 0.25) is 0 Å². The van der Waals surface area contributed by atoms with Crippen molar-refractivity contribution in [2.45, 2.75) is 48.4 Å². The van der Waals surface area contributed by atoms with E-state index in [4.69, 9.17) is 9.72 Å². The van der Waals surface area contributed by atoms with Crippen molar-refractivity contribution in [3.05, 3.63) is 84.2 Å². The maximum atomic E-state index is 5.61. The second-order valence-corrected chi connectivity index (χ2v) is 10.2.